The van der Waals surface area contributed by atoms with Crippen LogP contribution < -0.4 is 0 Å². The molecule has 0 fully saturated rings. The van der Waals surface area contributed by atoms with Gasteiger partial charge < -0.3 is 10.0 Å². The number of nitrogens with one attached hydrogen (secondary N) is 1. The molecule has 96 valence electrons. The molecule has 0 aliphatic rings. The first-order valence-corrected chi connectivity index (χ1v) is 6.09. The summed E-state index contributed by atoms with van der Waals surface area (Å²) < 4.78 is 0. The number of hydrogen-bond acceptors (Lipinski definition) is 3. The number of benzene rings is 1. The minimum atomic E-state index is -0.0533. The summed E-state index contributed by atoms with van der Waals surface area (Å²) >= 11 is 0. The SMILES string of the molecule is CCCN(CCO)C(=O)c1ccc2cn[nH]c2c1. The minimum Gasteiger partial charge on any atom is -0.395 e. The van der Waals surface area contributed by atoms with E-state index in [2.05, 4.69) is 10.2 Å². The van der Waals surface area contributed by atoms with Crippen LogP contribution in [0.25, 0.3) is 10.9 Å². The lowest BCUT2D eigenvalue weighted by Crippen LogP contribution is -2.34. The molecule has 0 spiro atoms. The molecule has 0 unspecified atom stereocenters. The van der Waals surface area contributed by atoms with E-state index in [1.54, 1.807) is 23.2 Å². The van der Waals surface area contributed by atoms with Crippen LogP contribution in [0.3, 0.4) is 0 Å². The molecule has 1 heterocycles. The van der Waals surface area contributed by atoms with Crippen LogP contribution in [-0.4, -0.2) is 45.8 Å². The zero-order valence-corrected chi connectivity index (χ0v) is 10.4. The van der Waals surface area contributed by atoms with Crippen LogP contribution in [0.5, 0.6) is 0 Å². The summed E-state index contributed by atoms with van der Waals surface area (Å²) in [6.45, 7) is 3.02. The van der Waals surface area contributed by atoms with Crippen LogP contribution in [0.1, 0.15) is 23.7 Å². The van der Waals surface area contributed by atoms with Crippen molar-refractivity contribution in [3.63, 3.8) is 0 Å². The zero-order valence-electron chi connectivity index (χ0n) is 10.4. The predicted octanol–water partition coefficient (Wildman–Crippen LogP) is 1.41. The highest BCUT2D eigenvalue weighted by Gasteiger charge is 2.14. The fraction of sp³-hybridized carbons (Fsp3) is 0.385. The van der Waals surface area contributed by atoms with Gasteiger partial charge in [0.05, 0.1) is 18.3 Å². The van der Waals surface area contributed by atoms with E-state index in [0.717, 1.165) is 17.3 Å². The van der Waals surface area contributed by atoms with Gasteiger partial charge in [0.2, 0.25) is 0 Å². The summed E-state index contributed by atoms with van der Waals surface area (Å²) in [5.74, 6) is -0.0533. The maximum atomic E-state index is 12.3. The van der Waals surface area contributed by atoms with E-state index < -0.39 is 0 Å². The molecule has 2 rings (SSSR count). The van der Waals surface area contributed by atoms with Gasteiger partial charge in [0.1, 0.15) is 0 Å². The molecule has 0 atom stereocenters. The summed E-state index contributed by atoms with van der Waals surface area (Å²) in [6, 6.07) is 5.46. The normalized spacial score (nSPS) is 10.8. The molecule has 2 aromatic rings. The van der Waals surface area contributed by atoms with Gasteiger partial charge in [-0.3, -0.25) is 9.89 Å². The Morgan fingerprint density at radius 3 is 3.00 bits per heavy atom. The topological polar surface area (TPSA) is 69.2 Å². The fourth-order valence-corrected chi connectivity index (χ4v) is 1.96. The van der Waals surface area contributed by atoms with Crippen LogP contribution in [0, 0.1) is 0 Å². The number of carbonyl (C=O) groups is 1. The Morgan fingerprint density at radius 2 is 2.28 bits per heavy atom. The molecule has 0 aliphatic heterocycles. The van der Waals surface area contributed by atoms with Crippen molar-refractivity contribution in [3.8, 4) is 0 Å². The molecule has 0 saturated carbocycles. The maximum Gasteiger partial charge on any atom is 0.254 e. The molecule has 5 nitrogen and oxygen atoms in total. The number of fused-ring (bicyclic) bond motifs is 1. The van der Waals surface area contributed by atoms with Crippen LogP contribution in [0.15, 0.2) is 24.4 Å². The van der Waals surface area contributed by atoms with Gasteiger partial charge in [0.15, 0.2) is 0 Å². The number of hydrogen-bond donors (Lipinski definition) is 2. The van der Waals surface area contributed by atoms with Crippen LogP contribution >= 0.6 is 0 Å². The Labute approximate surface area is 105 Å². The average Bonchev–Trinajstić information content (AvgIpc) is 2.84. The summed E-state index contributed by atoms with van der Waals surface area (Å²) in [4.78, 5) is 13.9. The minimum absolute atomic E-state index is 0.0158. The summed E-state index contributed by atoms with van der Waals surface area (Å²) in [5.41, 5.74) is 1.47. The van der Waals surface area contributed by atoms with E-state index in [1.165, 1.54) is 0 Å². The van der Waals surface area contributed by atoms with E-state index in [1.807, 2.05) is 13.0 Å². The van der Waals surface area contributed by atoms with E-state index in [9.17, 15) is 4.79 Å². The number of aliphatic hydroxyl groups is 1. The van der Waals surface area contributed by atoms with E-state index >= 15 is 0 Å². The maximum absolute atomic E-state index is 12.3. The number of carbonyl (C=O) groups excluding carboxylic acids is 1. The third-order valence-corrected chi connectivity index (χ3v) is 2.84. The second kappa shape index (κ2) is 5.64. The first kappa shape index (κ1) is 12.6. The molecule has 1 amide bonds. The van der Waals surface area contributed by atoms with Crippen molar-refractivity contribution < 1.29 is 9.90 Å². The van der Waals surface area contributed by atoms with Crippen molar-refractivity contribution >= 4 is 16.8 Å². The molecule has 0 aliphatic carbocycles. The van der Waals surface area contributed by atoms with Crippen molar-refractivity contribution in [2.24, 2.45) is 0 Å². The standard InChI is InChI=1S/C13H17N3O2/c1-2-5-16(6-7-17)13(18)10-3-4-11-9-14-15-12(11)8-10/h3-4,8-9,17H,2,5-7H2,1H3,(H,14,15). The Bertz CT molecular complexity index is 530. The molecular weight excluding hydrogens is 230 g/mol. The fourth-order valence-electron chi connectivity index (χ4n) is 1.96. The number of aliphatic hydroxyl groups excluding tert-OH is 1. The Morgan fingerprint density at radius 1 is 1.44 bits per heavy atom. The van der Waals surface area contributed by atoms with Crippen molar-refractivity contribution in [2.75, 3.05) is 19.7 Å². The lowest BCUT2D eigenvalue weighted by molar-refractivity contribution is 0.0722. The second-order valence-corrected chi connectivity index (χ2v) is 4.19. The Hall–Kier alpha value is -1.88. The largest absolute Gasteiger partial charge is 0.395 e. The molecule has 0 saturated heterocycles. The van der Waals surface area contributed by atoms with Crippen LogP contribution in [-0.2, 0) is 0 Å². The number of amides is 1. The molecule has 0 radical (unpaired) electrons. The smallest absolute Gasteiger partial charge is 0.254 e. The number of H-pyrrole nitrogens is 1. The van der Waals surface area contributed by atoms with Gasteiger partial charge in [-0.15, -0.1) is 0 Å². The van der Waals surface area contributed by atoms with Crippen molar-refractivity contribution in [1.29, 1.82) is 0 Å². The lowest BCUT2D eigenvalue weighted by atomic mass is 10.1. The highest BCUT2D eigenvalue weighted by Crippen LogP contribution is 2.14. The van der Waals surface area contributed by atoms with Gasteiger partial charge in [-0.05, 0) is 18.6 Å². The van der Waals surface area contributed by atoms with Crippen molar-refractivity contribution in [1.82, 2.24) is 15.1 Å². The highest BCUT2D eigenvalue weighted by atomic mass is 16.3. The zero-order chi connectivity index (χ0) is 13.0. The van der Waals surface area contributed by atoms with Gasteiger partial charge in [-0.1, -0.05) is 13.0 Å². The van der Waals surface area contributed by atoms with E-state index in [-0.39, 0.29) is 12.5 Å². The summed E-state index contributed by atoms with van der Waals surface area (Å²) in [5, 5.41) is 16.7. The van der Waals surface area contributed by atoms with Crippen molar-refractivity contribution in [3.05, 3.63) is 30.0 Å². The predicted molar refractivity (Wildman–Crippen MR) is 69.4 cm³/mol. The highest BCUT2D eigenvalue weighted by molar-refractivity contribution is 5.97. The third-order valence-electron chi connectivity index (χ3n) is 2.84. The molecule has 2 N–H and O–H groups in total. The van der Waals surface area contributed by atoms with E-state index in [4.69, 9.17) is 5.11 Å². The number of aromatic nitrogens is 2. The molecule has 1 aromatic carbocycles. The average molecular weight is 247 g/mol. The van der Waals surface area contributed by atoms with Gasteiger partial charge >= 0.3 is 0 Å². The van der Waals surface area contributed by atoms with Crippen molar-refractivity contribution in [2.45, 2.75) is 13.3 Å². The molecular formula is C13H17N3O2. The summed E-state index contributed by atoms with van der Waals surface area (Å²) in [6.07, 6.45) is 2.60. The summed E-state index contributed by atoms with van der Waals surface area (Å²) in [7, 11) is 0. The first-order valence-electron chi connectivity index (χ1n) is 6.09. The van der Waals surface area contributed by atoms with Gasteiger partial charge in [-0.2, -0.15) is 5.10 Å². The Balaban J connectivity index is 2.24. The van der Waals surface area contributed by atoms with Gasteiger partial charge in [0, 0.05) is 24.0 Å². The molecule has 0 bridgehead atoms. The van der Waals surface area contributed by atoms with E-state index in [0.29, 0.717) is 18.7 Å². The second-order valence-electron chi connectivity index (χ2n) is 4.19. The van der Waals surface area contributed by atoms with Crippen LogP contribution in [0.4, 0.5) is 0 Å². The van der Waals surface area contributed by atoms with Gasteiger partial charge in [-0.25, -0.2) is 0 Å². The van der Waals surface area contributed by atoms with Crippen LogP contribution in [0.2, 0.25) is 0 Å². The number of rotatable bonds is 5. The number of nitrogens with zero attached hydrogens (tertiary/aromatic N) is 2. The molecule has 1 aromatic heterocycles. The molecule has 5 heteroatoms. The quantitative estimate of drug-likeness (QED) is 0.839. The monoisotopic (exact) mass is 247 g/mol. The molecule has 18 heavy (non-hydrogen) atoms. The number of aromatic amines is 1. The third kappa shape index (κ3) is 2.51. The lowest BCUT2D eigenvalue weighted by Gasteiger charge is -2.21. The Kier molecular flexibility index (Phi) is 3.94. The first-order chi connectivity index (χ1) is 8.76. The van der Waals surface area contributed by atoms with Gasteiger partial charge in [0.25, 0.3) is 5.91 Å².